The van der Waals surface area contributed by atoms with Crippen molar-refractivity contribution in [2.45, 2.75) is 5.97 Å². The maximum absolute atomic E-state index is 7.81. The summed E-state index contributed by atoms with van der Waals surface area (Å²) >= 11 is 0. The number of aliphatic hydroxyl groups is 3. The van der Waals surface area contributed by atoms with Crippen LogP contribution >= 0.6 is 0 Å². The van der Waals surface area contributed by atoms with Crippen molar-refractivity contribution in [2.24, 2.45) is 5.73 Å². The molecule has 0 aliphatic rings. The Morgan fingerprint density at radius 2 is 1.20 bits per heavy atom. The van der Waals surface area contributed by atoms with E-state index in [9.17, 15) is 0 Å². The van der Waals surface area contributed by atoms with E-state index in [2.05, 4.69) is 5.73 Å². The van der Waals surface area contributed by atoms with Gasteiger partial charge in [0.2, 0.25) is 0 Å². The first-order chi connectivity index (χ1) is 4.29. The summed E-state index contributed by atoms with van der Waals surface area (Å²) in [6.07, 6.45) is 0. The van der Waals surface area contributed by atoms with Crippen molar-refractivity contribution in [1.29, 1.82) is 0 Å². The van der Waals surface area contributed by atoms with Crippen molar-refractivity contribution < 1.29 is 30.4 Å². The molecule has 0 unspecified atom stereocenters. The minimum absolute atomic E-state index is 0.562. The third-order valence-electron chi connectivity index (χ3n) is 0.274. The maximum atomic E-state index is 7.81. The van der Waals surface area contributed by atoms with Crippen LogP contribution < -0.4 is 5.73 Å². The van der Waals surface area contributed by atoms with Gasteiger partial charge in [-0.15, -0.1) is 0 Å². The molecule has 0 amide bonds. The zero-order valence-electron chi connectivity index (χ0n) is 5.05. The molecule has 8 heteroatoms. The molecule has 7 nitrogen and oxygen atoms in total. The molecule has 0 heterocycles. The summed E-state index contributed by atoms with van der Waals surface area (Å²) in [5.74, 6) is -2.68. The van der Waals surface area contributed by atoms with Gasteiger partial charge in [-0.2, -0.15) is 0 Å². The molecule has 0 aromatic carbocycles. The molecule has 0 rings (SSSR count). The Labute approximate surface area is 57.1 Å². The minimum Gasteiger partial charge on any atom is -0.402 e. The van der Waals surface area contributed by atoms with Crippen molar-refractivity contribution in [3.63, 3.8) is 0 Å². The highest BCUT2D eigenvalue weighted by molar-refractivity contribution is 6.30. The molecule has 0 bridgehead atoms. The molecule has 0 spiro atoms. The zero-order valence-corrected chi connectivity index (χ0v) is 5.05. The van der Waals surface area contributed by atoms with Gasteiger partial charge >= 0.3 is 7.32 Å². The lowest BCUT2D eigenvalue weighted by molar-refractivity contribution is -0.302. The quantitative estimate of drug-likeness (QED) is 0.149. The van der Waals surface area contributed by atoms with E-state index < -0.39 is 19.8 Å². The van der Waals surface area contributed by atoms with Gasteiger partial charge in [0.25, 0.3) is 5.97 Å². The molecule has 0 radical (unpaired) electrons. The smallest absolute Gasteiger partial charge is 0.402 e. The molecule has 0 saturated heterocycles. The van der Waals surface area contributed by atoms with Crippen molar-refractivity contribution in [3.8, 4) is 0 Å². The monoisotopic (exact) mass is 155 g/mol. The Kier molecular flexibility index (Phi) is 6.93. The van der Waals surface area contributed by atoms with E-state index in [4.69, 9.17) is 30.4 Å². The highest BCUT2D eigenvalue weighted by Gasteiger charge is 2.12. The number of nitrogens with two attached hydrogens (primary N) is 1. The second-order valence-corrected chi connectivity index (χ2v) is 1.32. The Morgan fingerprint density at radius 1 is 1.10 bits per heavy atom. The SMILES string of the molecule is NCC(O)(O)O.OB(O)O. The largest absolute Gasteiger partial charge is 0.631 e. The highest BCUT2D eigenvalue weighted by atomic mass is 16.7. The molecule has 0 aliphatic carbocycles. The Bertz CT molecular complexity index is 67.9. The van der Waals surface area contributed by atoms with E-state index in [1.54, 1.807) is 0 Å². The summed E-state index contributed by atoms with van der Waals surface area (Å²) < 4.78 is 0. The zero-order chi connectivity index (χ0) is 8.78. The van der Waals surface area contributed by atoms with Gasteiger partial charge in [-0.25, -0.2) is 0 Å². The molecule has 10 heavy (non-hydrogen) atoms. The van der Waals surface area contributed by atoms with Crippen molar-refractivity contribution in [3.05, 3.63) is 0 Å². The van der Waals surface area contributed by atoms with Crippen LogP contribution in [0.1, 0.15) is 0 Å². The molecule has 8 N–H and O–H groups in total. The molecule has 0 aromatic heterocycles. The average molecular weight is 155 g/mol. The maximum Gasteiger partial charge on any atom is 0.631 e. The van der Waals surface area contributed by atoms with Gasteiger partial charge in [0.15, 0.2) is 0 Å². The number of hydrogen-bond donors (Lipinski definition) is 7. The van der Waals surface area contributed by atoms with Gasteiger partial charge in [0.1, 0.15) is 0 Å². The Hall–Kier alpha value is -0.215. The summed E-state index contributed by atoms with van der Waals surface area (Å²) in [6, 6.07) is 0. The van der Waals surface area contributed by atoms with E-state index in [0.717, 1.165) is 0 Å². The predicted molar refractivity (Wildman–Crippen MR) is 30.9 cm³/mol. The van der Waals surface area contributed by atoms with E-state index in [1.165, 1.54) is 0 Å². The van der Waals surface area contributed by atoms with E-state index in [0.29, 0.717) is 0 Å². The molecule has 0 aromatic rings. The second kappa shape index (κ2) is 5.56. The first-order valence-electron chi connectivity index (χ1n) is 2.21. The molecular weight excluding hydrogens is 145 g/mol. The molecule has 0 fully saturated rings. The standard InChI is InChI=1S/C2H7NO3.BH3O3/c3-1-2(4,5)6;2-1(3)4/h4-6H,1,3H2;2-4H. The lowest BCUT2D eigenvalue weighted by atomic mass is 10.3. The normalized spacial score (nSPS) is 9.90. The fourth-order valence-corrected chi connectivity index (χ4v) is 0. The van der Waals surface area contributed by atoms with Crippen molar-refractivity contribution >= 4 is 7.32 Å². The topological polar surface area (TPSA) is 147 Å². The minimum atomic E-state index is -2.68. The molecule has 0 atom stereocenters. The molecule has 0 aliphatic heterocycles. The second-order valence-electron chi connectivity index (χ2n) is 1.32. The third kappa shape index (κ3) is 46.2. The van der Waals surface area contributed by atoms with Crippen LogP contribution in [0, 0.1) is 0 Å². The fourth-order valence-electron chi connectivity index (χ4n) is 0. The molecule has 62 valence electrons. The summed E-state index contributed by atoms with van der Waals surface area (Å²) in [5.41, 5.74) is 4.56. The van der Waals surface area contributed by atoms with Crippen LogP contribution in [0.25, 0.3) is 0 Å². The average Bonchev–Trinajstić information content (AvgIpc) is 1.63. The summed E-state index contributed by atoms with van der Waals surface area (Å²) in [4.78, 5) is 0. The Morgan fingerprint density at radius 3 is 1.20 bits per heavy atom. The van der Waals surface area contributed by atoms with Crippen LogP contribution in [-0.2, 0) is 0 Å². The predicted octanol–water partition coefficient (Wildman–Crippen LogP) is -4.48. The summed E-state index contributed by atoms with van der Waals surface area (Å²) in [6.45, 7) is -0.562. The van der Waals surface area contributed by atoms with Gasteiger partial charge in [-0.3, -0.25) is 0 Å². The lowest BCUT2D eigenvalue weighted by Crippen LogP contribution is -2.36. The first-order valence-corrected chi connectivity index (χ1v) is 2.21. The Balaban J connectivity index is 0. The summed E-state index contributed by atoms with van der Waals surface area (Å²) in [5, 5.41) is 44.9. The first kappa shape index (κ1) is 12.5. The van der Waals surface area contributed by atoms with Gasteiger partial charge < -0.3 is 36.1 Å². The third-order valence-corrected chi connectivity index (χ3v) is 0.274. The van der Waals surface area contributed by atoms with E-state index >= 15 is 0 Å². The van der Waals surface area contributed by atoms with Crippen molar-refractivity contribution in [2.75, 3.05) is 6.54 Å². The summed E-state index contributed by atoms with van der Waals surface area (Å²) in [7, 11) is -2.17. The van der Waals surface area contributed by atoms with Gasteiger partial charge in [-0.1, -0.05) is 0 Å². The van der Waals surface area contributed by atoms with Crippen LogP contribution in [0.2, 0.25) is 0 Å². The van der Waals surface area contributed by atoms with Gasteiger partial charge in [0, 0.05) is 0 Å². The molecular formula is C2H10BNO6. The fraction of sp³-hybridized carbons (Fsp3) is 1.00. The van der Waals surface area contributed by atoms with Crippen LogP contribution in [-0.4, -0.2) is 50.2 Å². The van der Waals surface area contributed by atoms with E-state index in [-0.39, 0.29) is 0 Å². The van der Waals surface area contributed by atoms with Gasteiger partial charge in [-0.05, 0) is 0 Å². The van der Waals surface area contributed by atoms with E-state index in [1.807, 2.05) is 0 Å². The highest BCUT2D eigenvalue weighted by Crippen LogP contribution is 1.82. The van der Waals surface area contributed by atoms with Crippen LogP contribution in [0.3, 0.4) is 0 Å². The van der Waals surface area contributed by atoms with Crippen LogP contribution in [0.5, 0.6) is 0 Å². The number of rotatable bonds is 1. The molecule has 0 saturated carbocycles. The van der Waals surface area contributed by atoms with Crippen LogP contribution in [0.15, 0.2) is 0 Å². The number of hydrogen-bond acceptors (Lipinski definition) is 7. The van der Waals surface area contributed by atoms with Crippen LogP contribution in [0.4, 0.5) is 0 Å². The van der Waals surface area contributed by atoms with Gasteiger partial charge in [0.05, 0.1) is 6.54 Å². The lowest BCUT2D eigenvalue weighted by Gasteiger charge is -2.07. The van der Waals surface area contributed by atoms with Crippen molar-refractivity contribution in [1.82, 2.24) is 0 Å².